The van der Waals surface area contributed by atoms with Crippen molar-refractivity contribution in [3.05, 3.63) is 152 Å². The maximum absolute atomic E-state index is 5.28. The molecule has 0 unspecified atom stereocenters. The summed E-state index contributed by atoms with van der Waals surface area (Å²) in [7, 11) is 0. The van der Waals surface area contributed by atoms with Crippen LogP contribution in [0.5, 0.6) is 0 Å². The molecule has 1 aliphatic rings. The summed E-state index contributed by atoms with van der Waals surface area (Å²) >= 11 is 3.67. The van der Waals surface area contributed by atoms with Crippen LogP contribution in [0.3, 0.4) is 0 Å². The van der Waals surface area contributed by atoms with Crippen molar-refractivity contribution in [3.8, 4) is 66.4 Å². The molecule has 0 bridgehead atoms. The molecule has 55 heavy (non-hydrogen) atoms. The SMILES string of the molecule is Cc1ccc(-c2nc(-c3cc(C4=C(c5cc(-c6nc(-c7ccc(C)cc7)c(-c7ccc(C)cc7)[nH]6)sc5C)CCC4)c(C)s3)[nH]c2-c2ccc(C)cc2)cc1. The van der Waals surface area contributed by atoms with Crippen molar-refractivity contribution in [2.75, 3.05) is 0 Å². The van der Waals surface area contributed by atoms with Crippen molar-refractivity contribution in [1.29, 1.82) is 0 Å². The molecule has 0 spiro atoms. The minimum atomic E-state index is 0.922. The molecule has 0 fully saturated rings. The molecule has 9 rings (SSSR count). The monoisotopic (exact) mass is 752 g/mol. The summed E-state index contributed by atoms with van der Waals surface area (Å²) in [5.41, 5.74) is 19.2. The Labute approximate surface area is 331 Å². The first kappa shape index (κ1) is 35.2. The molecule has 0 amide bonds. The average molecular weight is 753 g/mol. The van der Waals surface area contributed by atoms with E-state index < -0.39 is 0 Å². The first-order valence-corrected chi connectivity index (χ1v) is 20.7. The molecule has 8 aromatic rings. The number of nitrogens with zero attached hydrogens (tertiary/aromatic N) is 2. The van der Waals surface area contributed by atoms with Crippen molar-refractivity contribution in [2.45, 2.75) is 60.8 Å². The number of H-pyrrole nitrogens is 2. The Morgan fingerprint density at radius 2 is 0.764 bits per heavy atom. The van der Waals surface area contributed by atoms with Gasteiger partial charge in [-0.3, -0.25) is 0 Å². The van der Waals surface area contributed by atoms with Gasteiger partial charge in [0, 0.05) is 32.0 Å². The van der Waals surface area contributed by atoms with Crippen LogP contribution >= 0.6 is 22.7 Å². The van der Waals surface area contributed by atoms with Gasteiger partial charge in [0.25, 0.3) is 0 Å². The Bertz CT molecular complexity index is 2380. The van der Waals surface area contributed by atoms with Crippen LogP contribution in [-0.2, 0) is 0 Å². The summed E-state index contributed by atoms with van der Waals surface area (Å²) in [5.74, 6) is 1.84. The van der Waals surface area contributed by atoms with Crippen molar-refractivity contribution in [2.24, 2.45) is 0 Å². The molecule has 2 N–H and O–H groups in total. The molecule has 6 heteroatoms. The van der Waals surface area contributed by atoms with Crippen LogP contribution in [0.4, 0.5) is 0 Å². The summed E-state index contributed by atoms with van der Waals surface area (Å²) in [4.78, 5) is 23.1. The second-order valence-corrected chi connectivity index (χ2v) is 17.6. The third kappa shape index (κ3) is 6.75. The summed E-state index contributed by atoms with van der Waals surface area (Å²) < 4.78 is 0. The summed E-state index contributed by atoms with van der Waals surface area (Å²) in [6.45, 7) is 13.1. The first-order valence-electron chi connectivity index (χ1n) is 19.1. The minimum absolute atomic E-state index is 0.922. The van der Waals surface area contributed by atoms with Gasteiger partial charge in [0.2, 0.25) is 0 Å². The molecule has 0 atom stereocenters. The normalized spacial score (nSPS) is 13.0. The fourth-order valence-corrected chi connectivity index (χ4v) is 9.80. The van der Waals surface area contributed by atoms with E-state index >= 15 is 0 Å². The Balaban J connectivity index is 1.09. The number of aromatic nitrogens is 4. The molecule has 0 aliphatic heterocycles. The van der Waals surface area contributed by atoms with Crippen molar-refractivity contribution in [1.82, 2.24) is 19.9 Å². The van der Waals surface area contributed by atoms with Gasteiger partial charge in [0.15, 0.2) is 0 Å². The highest BCUT2D eigenvalue weighted by Gasteiger charge is 2.26. The van der Waals surface area contributed by atoms with E-state index in [9.17, 15) is 0 Å². The van der Waals surface area contributed by atoms with Crippen LogP contribution in [0.2, 0.25) is 0 Å². The number of hydrogen-bond donors (Lipinski definition) is 2. The molecule has 0 saturated heterocycles. The lowest BCUT2D eigenvalue weighted by atomic mass is 9.97. The van der Waals surface area contributed by atoms with E-state index in [0.717, 1.165) is 75.9 Å². The molecule has 272 valence electrons. The van der Waals surface area contributed by atoms with Crippen LogP contribution in [-0.4, -0.2) is 19.9 Å². The number of nitrogens with one attached hydrogen (secondary N) is 2. The molecule has 4 aromatic carbocycles. The van der Waals surface area contributed by atoms with Gasteiger partial charge in [0.05, 0.1) is 32.5 Å². The van der Waals surface area contributed by atoms with E-state index in [0.29, 0.717) is 0 Å². The topological polar surface area (TPSA) is 57.4 Å². The molecular formula is C49H44N4S2. The Hall–Kier alpha value is -5.56. The molecule has 4 nitrogen and oxygen atoms in total. The lowest BCUT2D eigenvalue weighted by molar-refractivity contribution is 0.941. The highest BCUT2D eigenvalue weighted by Crippen LogP contribution is 2.48. The molecule has 0 saturated carbocycles. The van der Waals surface area contributed by atoms with E-state index in [4.69, 9.17) is 9.97 Å². The zero-order chi connectivity index (χ0) is 37.8. The van der Waals surface area contributed by atoms with E-state index in [-0.39, 0.29) is 0 Å². The zero-order valence-corrected chi connectivity index (χ0v) is 33.9. The lowest BCUT2D eigenvalue weighted by Gasteiger charge is -2.07. The molecule has 1 aliphatic carbocycles. The Kier molecular flexibility index (Phi) is 9.12. The number of thiophene rings is 2. The number of imidazole rings is 2. The maximum atomic E-state index is 5.28. The van der Waals surface area contributed by atoms with E-state index in [1.165, 1.54) is 64.0 Å². The number of aryl methyl sites for hydroxylation is 6. The predicted molar refractivity (Wildman–Crippen MR) is 235 cm³/mol. The van der Waals surface area contributed by atoms with Gasteiger partial charge in [-0.1, -0.05) is 119 Å². The van der Waals surface area contributed by atoms with Crippen LogP contribution in [0.1, 0.15) is 62.4 Å². The van der Waals surface area contributed by atoms with Crippen molar-refractivity contribution in [3.63, 3.8) is 0 Å². The van der Waals surface area contributed by atoms with Crippen molar-refractivity contribution >= 4 is 33.8 Å². The van der Waals surface area contributed by atoms with Crippen LogP contribution < -0.4 is 0 Å². The minimum Gasteiger partial charge on any atom is -0.337 e. The maximum Gasteiger partial charge on any atom is 0.148 e. The number of benzene rings is 4. The number of rotatable bonds is 8. The van der Waals surface area contributed by atoms with E-state index in [2.05, 4.69) is 161 Å². The lowest BCUT2D eigenvalue weighted by Crippen LogP contribution is -1.86. The Morgan fingerprint density at radius 1 is 0.436 bits per heavy atom. The van der Waals surface area contributed by atoms with E-state index in [1.807, 2.05) is 22.7 Å². The van der Waals surface area contributed by atoms with Gasteiger partial charge >= 0.3 is 0 Å². The van der Waals surface area contributed by atoms with Gasteiger partial charge in [-0.25, -0.2) is 9.97 Å². The zero-order valence-electron chi connectivity index (χ0n) is 32.2. The number of aromatic amines is 2. The fourth-order valence-electron chi connectivity index (χ4n) is 7.81. The molecule has 4 heterocycles. The van der Waals surface area contributed by atoms with Gasteiger partial charge in [-0.05, 0) is 95.2 Å². The van der Waals surface area contributed by atoms with Crippen LogP contribution in [0.15, 0.2) is 109 Å². The molecular weight excluding hydrogens is 709 g/mol. The van der Waals surface area contributed by atoms with Crippen LogP contribution in [0, 0.1) is 41.5 Å². The Morgan fingerprint density at radius 3 is 1.11 bits per heavy atom. The fraction of sp³-hybridized carbons (Fsp3) is 0.184. The number of allylic oxidation sites excluding steroid dienone is 2. The average Bonchev–Trinajstić information content (AvgIpc) is 4.03. The third-order valence-corrected chi connectivity index (χ3v) is 13.0. The number of hydrogen-bond acceptors (Lipinski definition) is 4. The second kappa shape index (κ2) is 14.3. The van der Waals surface area contributed by atoms with Gasteiger partial charge in [-0.15, -0.1) is 22.7 Å². The molecule has 0 radical (unpaired) electrons. The van der Waals surface area contributed by atoms with Crippen LogP contribution in [0.25, 0.3) is 77.6 Å². The quantitative estimate of drug-likeness (QED) is 0.162. The predicted octanol–water partition coefficient (Wildman–Crippen LogP) is 14.2. The summed E-state index contributed by atoms with van der Waals surface area (Å²) in [6, 6.07) is 39.6. The smallest absolute Gasteiger partial charge is 0.148 e. The van der Waals surface area contributed by atoms with Gasteiger partial charge in [-0.2, -0.15) is 0 Å². The third-order valence-electron chi connectivity index (χ3n) is 10.9. The first-order chi connectivity index (χ1) is 26.7. The van der Waals surface area contributed by atoms with Gasteiger partial charge < -0.3 is 9.97 Å². The largest absolute Gasteiger partial charge is 0.337 e. The highest BCUT2D eigenvalue weighted by molar-refractivity contribution is 7.16. The van der Waals surface area contributed by atoms with Gasteiger partial charge in [0.1, 0.15) is 11.6 Å². The standard InChI is InChI=1S/C49H44N4S2/c1-28-10-18-34(19-11-28)44-45(35-20-12-29(2)13-21-35)51-48(50-44)42-26-40(32(5)54-42)38-8-7-9-39(38)41-27-43(55-33(41)6)49-52-46(36-22-14-30(3)15-23-36)47(53-49)37-24-16-31(4)17-25-37/h10-27H,7-9H2,1-6H3,(H,50,51)(H,52,53). The highest BCUT2D eigenvalue weighted by atomic mass is 32.1. The second-order valence-electron chi connectivity index (χ2n) is 15.1. The summed E-state index contributed by atoms with van der Waals surface area (Å²) in [5, 5.41) is 0. The molecule has 4 aromatic heterocycles. The van der Waals surface area contributed by atoms with Crippen molar-refractivity contribution < 1.29 is 0 Å². The summed E-state index contributed by atoms with van der Waals surface area (Å²) in [6.07, 6.45) is 3.31. The van der Waals surface area contributed by atoms with E-state index in [1.54, 1.807) is 0 Å².